The molecule has 6 heteroatoms. The summed E-state index contributed by atoms with van der Waals surface area (Å²) < 4.78 is 24.0. The smallest absolute Gasteiger partial charge is 0.241 e. The molecule has 0 aliphatic heterocycles. The Morgan fingerprint density at radius 2 is 1.64 bits per heavy atom. The molecule has 0 heterocycles. The van der Waals surface area contributed by atoms with Gasteiger partial charge in [-0.3, -0.25) is 4.79 Å². The third-order valence-electron chi connectivity index (χ3n) is 4.11. The molecule has 1 amide bonds. The van der Waals surface area contributed by atoms with Crippen molar-refractivity contribution in [3.63, 3.8) is 0 Å². The van der Waals surface area contributed by atoms with E-state index in [1.807, 2.05) is 30.3 Å². The maximum absolute atomic E-state index is 12.8. The van der Waals surface area contributed by atoms with E-state index in [0.717, 1.165) is 12.8 Å². The van der Waals surface area contributed by atoms with E-state index in [9.17, 15) is 13.2 Å². The monoisotopic (exact) mass is 379 g/mol. The molecule has 0 spiro atoms. The number of carbonyl (C=O) groups excluding carboxylic acids is 1. The van der Waals surface area contributed by atoms with Crippen LogP contribution in [0.3, 0.4) is 0 Å². The molecule has 2 aromatic carbocycles. The lowest BCUT2D eigenvalue weighted by Gasteiger charge is -2.24. The van der Waals surface area contributed by atoms with Crippen LogP contribution in [0.1, 0.15) is 25.8 Å². The SMILES string of the molecule is CC(C)(C(=O)NCCCc1ccccc1)S(=O)(=O)c1ccc(Cl)cc1. The number of nitrogens with one attached hydrogen (secondary N) is 1. The molecule has 0 radical (unpaired) electrons. The lowest BCUT2D eigenvalue weighted by atomic mass is 10.1. The van der Waals surface area contributed by atoms with Crippen LogP contribution in [-0.2, 0) is 21.1 Å². The molecule has 0 atom stereocenters. The minimum atomic E-state index is -3.81. The van der Waals surface area contributed by atoms with E-state index in [2.05, 4.69) is 5.32 Å². The van der Waals surface area contributed by atoms with Crippen molar-refractivity contribution in [3.05, 3.63) is 65.2 Å². The van der Waals surface area contributed by atoms with Crippen LogP contribution in [0.2, 0.25) is 5.02 Å². The molecule has 0 fully saturated rings. The van der Waals surface area contributed by atoms with E-state index in [1.54, 1.807) is 0 Å². The molecule has 0 unspecified atom stereocenters. The fourth-order valence-electron chi connectivity index (χ4n) is 2.38. The van der Waals surface area contributed by atoms with Crippen molar-refractivity contribution < 1.29 is 13.2 Å². The van der Waals surface area contributed by atoms with E-state index in [-0.39, 0.29) is 4.90 Å². The molecule has 0 bridgehead atoms. The van der Waals surface area contributed by atoms with Crippen molar-refractivity contribution in [1.82, 2.24) is 5.32 Å². The summed E-state index contributed by atoms with van der Waals surface area (Å²) in [6.07, 6.45) is 1.57. The first kappa shape index (κ1) is 19.5. The summed E-state index contributed by atoms with van der Waals surface area (Å²) in [7, 11) is -3.81. The molecule has 0 saturated heterocycles. The summed E-state index contributed by atoms with van der Waals surface area (Å²) >= 11 is 5.80. The number of hydrogen-bond acceptors (Lipinski definition) is 3. The largest absolute Gasteiger partial charge is 0.355 e. The third-order valence-corrected chi connectivity index (χ3v) is 6.79. The van der Waals surface area contributed by atoms with E-state index >= 15 is 0 Å². The van der Waals surface area contributed by atoms with Crippen LogP contribution in [0.15, 0.2) is 59.5 Å². The van der Waals surface area contributed by atoms with Crippen molar-refractivity contribution in [3.8, 4) is 0 Å². The van der Waals surface area contributed by atoms with Crippen molar-refractivity contribution in [2.24, 2.45) is 0 Å². The second-order valence-electron chi connectivity index (χ2n) is 6.31. The fourth-order valence-corrected chi connectivity index (χ4v) is 3.91. The van der Waals surface area contributed by atoms with Crippen LogP contribution in [0.4, 0.5) is 0 Å². The number of rotatable bonds is 7. The lowest BCUT2D eigenvalue weighted by molar-refractivity contribution is -0.122. The van der Waals surface area contributed by atoms with Crippen molar-refractivity contribution in [2.45, 2.75) is 36.3 Å². The fraction of sp³-hybridized carbons (Fsp3) is 0.316. The number of halogens is 1. The van der Waals surface area contributed by atoms with Gasteiger partial charge in [-0.1, -0.05) is 41.9 Å². The molecule has 1 N–H and O–H groups in total. The van der Waals surface area contributed by atoms with Gasteiger partial charge in [0.15, 0.2) is 9.84 Å². The van der Waals surface area contributed by atoms with Crippen LogP contribution in [0.25, 0.3) is 0 Å². The summed E-state index contributed by atoms with van der Waals surface area (Å²) in [5.74, 6) is -0.504. The summed E-state index contributed by atoms with van der Waals surface area (Å²) in [4.78, 5) is 12.5. The zero-order valence-electron chi connectivity index (χ0n) is 14.3. The zero-order chi connectivity index (χ0) is 18.5. The Balaban J connectivity index is 1.98. The first-order chi connectivity index (χ1) is 11.7. The molecule has 25 heavy (non-hydrogen) atoms. The standard InChI is InChI=1S/C19H22ClNO3S/c1-19(2,25(23,24)17-12-10-16(20)11-13-17)18(22)21-14-6-9-15-7-4-3-5-8-15/h3-5,7-8,10-13H,6,9,14H2,1-2H3,(H,21,22). The van der Waals surface area contributed by atoms with Gasteiger partial charge in [-0.2, -0.15) is 0 Å². The van der Waals surface area contributed by atoms with Gasteiger partial charge in [-0.25, -0.2) is 8.42 Å². The Hall–Kier alpha value is -1.85. The van der Waals surface area contributed by atoms with Crippen molar-refractivity contribution >= 4 is 27.3 Å². The van der Waals surface area contributed by atoms with Gasteiger partial charge < -0.3 is 5.32 Å². The highest BCUT2D eigenvalue weighted by Gasteiger charge is 2.42. The average Bonchev–Trinajstić information content (AvgIpc) is 2.59. The van der Waals surface area contributed by atoms with Gasteiger partial charge in [0.25, 0.3) is 0 Å². The van der Waals surface area contributed by atoms with Crippen LogP contribution in [0.5, 0.6) is 0 Å². The molecule has 0 aliphatic rings. The van der Waals surface area contributed by atoms with Crippen molar-refractivity contribution in [1.29, 1.82) is 0 Å². The Morgan fingerprint density at radius 3 is 2.24 bits per heavy atom. The zero-order valence-corrected chi connectivity index (χ0v) is 15.9. The van der Waals surface area contributed by atoms with Crippen LogP contribution in [-0.4, -0.2) is 25.6 Å². The molecule has 0 aliphatic carbocycles. The Kier molecular flexibility index (Phi) is 6.25. The predicted octanol–water partition coefficient (Wildman–Crippen LogP) is 3.64. The number of amides is 1. The molecule has 134 valence electrons. The molecule has 2 aromatic rings. The summed E-state index contributed by atoms with van der Waals surface area (Å²) in [5, 5.41) is 3.18. The van der Waals surface area contributed by atoms with E-state index < -0.39 is 20.5 Å². The third kappa shape index (κ3) is 4.61. The summed E-state index contributed by atoms with van der Waals surface area (Å²) in [5.41, 5.74) is 1.18. The van der Waals surface area contributed by atoms with Gasteiger partial charge in [0, 0.05) is 11.6 Å². The molecule has 4 nitrogen and oxygen atoms in total. The van der Waals surface area contributed by atoms with Crippen LogP contribution >= 0.6 is 11.6 Å². The topological polar surface area (TPSA) is 63.2 Å². The predicted molar refractivity (Wildman–Crippen MR) is 100 cm³/mol. The second kappa shape index (κ2) is 8.02. The minimum Gasteiger partial charge on any atom is -0.355 e. The van der Waals surface area contributed by atoms with Gasteiger partial charge >= 0.3 is 0 Å². The average molecular weight is 380 g/mol. The highest BCUT2D eigenvalue weighted by molar-refractivity contribution is 7.93. The number of hydrogen-bond donors (Lipinski definition) is 1. The number of sulfone groups is 1. The van der Waals surface area contributed by atoms with Crippen LogP contribution < -0.4 is 5.32 Å². The highest BCUT2D eigenvalue weighted by Crippen LogP contribution is 2.26. The second-order valence-corrected chi connectivity index (χ2v) is 9.25. The first-order valence-electron chi connectivity index (χ1n) is 8.07. The van der Waals surface area contributed by atoms with Gasteiger partial charge in [0.05, 0.1) is 4.90 Å². The molecular weight excluding hydrogens is 358 g/mol. The maximum atomic E-state index is 12.8. The normalized spacial score (nSPS) is 12.0. The van der Waals surface area contributed by atoms with Gasteiger partial charge in [-0.15, -0.1) is 0 Å². The van der Waals surface area contributed by atoms with E-state index in [4.69, 9.17) is 11.6 Å². The van der Waals surface area contributed by atoms with Gasteiger partial charge in [0.1, 0.15) is 4.75 Å². The highest BCUT2D eigenvalue weighted by atomic mass is 35.5. The lowest BCUT2D eigenvalue weighted by Crippen LogP contribution is -2.48. The maximum Gasteiger partial charge on any atom is 0.241 e. The number of benzene rings is 2. The quantitative estimate of drug-likeness (QED) is 0.747. The van der Waals surface area contributed by atoms with Crippen molar-refractivity contribution in [2.75, 3.05) is 6.54 Å². The molecule has 2 rings (SSSR count). The van der Waals surface area contributed by atoms with E-state index in [0.29, 0.717) is 11.6 Å². The molecule has 0 saturated carbocycles. The van der Waals surface area contributed by atoms with Gasteiger partial charge in [0.2, 0.25) is 5.91 Å². The first-order valence-corrected chi connectivity index (χ1v) is 9.93. The molecular formula is C19H22ClNO3S. The van der Waals surface area contributed by atoms with E-state index in [1.165, 1.54) is 43.7 Å². The summed E-state index contributed by atoms with van der Waals surface area (Å²) in [6, 6.07) is 15.8. The summed E-state index contributed by atoms with van der Waals surface area (Å²) in [6.45, 7) is 3.26. The number of aryl methyl sites for hydroxylation is 1. The number of carbonyl (C=O) groups is 1. The Bertz CT molecular complexity index is 816. The minimum absolute atomic E-state index is 0.0846. The Labute approximate surface area is 154 Å². The Morgan fingerprint density at radius 1 is 1.04 bits per heavy atom. The molecule has 0 aromatic heterocycles. The van der Waals surface area contributed by atoms with Crippen LogP contribution in [0, 0.1) is 0 Å². The van der Waals surface area contributed by atoms with Gasteiger partial charge in [-0.05, 0) is 56.5 Å².